The van der Waals surface area contributed by atoms with Crippen LogP contribution in [0.1, 0.15) is 103 Å². The number of aliphatic carboxylic acids is 1. The van der Waals surface area contributed by atoms with E-state index in [1.807, 2.05) is 36.4 Å². The largest absolute Gasteiger partial charge is 0.489 e. The van der Waals surface area contributed by atoms with Gasteiger partial charge in [0.25, 0.3) is 0 Å². The van der Waals surface area contributed by atoms with Crippen molar-refractivity contribution in [3.63, 3.8) is 0 Å². The van der Waals surface area contributed by atoms with E-state index in [0.717, 1.165) is 102 Å². The van der Waals surface area contributed by atoms with Gasteiger partial charge in [-0.15, -0.1) is 0 Å². The van der Waals surface area contributed by atoms with E-state index in [4.69, 9.17) is 70.0 Å². The molecule has 332 valence electrons. The number of hydrogen-bond acceptors (Lipinski definition) is 9. The number of aromatic nitrogens is 2. The molecular formula is C49H40Cl4N4O8. The first-order valence-electron chi connectivity index (χ1n) is 21.7. The Labute approximate surface area is 393 Å². The monoisotopic (exact) mass is 952 g/mol. The van der Waals surface area contributed by atoms with Crippen molar-refractivity contribution >= 4 is 75.6 Å². The number of halogens is 4. The molecule has 0 radical (unpaired) electrons. The Balaban J connectivity index is 0.000000146. The molecule has 0 bridgehead atoms. The third kappa shape index (κ3) is 7.52. The average molecular weight is 955 g/mol. The van der Waals surface area contributed by atoms with Crippen molar-refractivity contribution in [3.05, 3.63) is 127 Å². The van der Waals surface area contributed by atoms with E-state index < -0.39 is 11.4 Å². The summed E-state index contributed by atoms with van der Waals surface area (Å²) in [5.41, 5.74) is 6.91. The second-order valence-electron chi connectivity index (χ2n) is 17.7. The fourth-order valence-electron chi connectivity index (χ4n) is 9.26. The first-order chi connectivity index (χ1) is 31.5. The highest BCUT2D eigenvalue weighted by Gasteiger charge is 2.59. The van der Waals surface area contributed by atoms with Crippen LogP contribution in [0.2, 0.25) is 20.1 Å². The number of fused-ring (bicyclic) bond motifs is 4. The van der Waals surface area contributed by atoms with Crippen LogP contribution in [-0.2, 0) is 38.4 Å². The minimum Gasteiger partial charge on any atom is -0.489 e. The summed E-state index contributed by atoms with van der Waals surface area (Å²) in [4.78, 5) is 38.0. The summed E-state index contributed by atoms with van der Waals surface area (Å²) >= 11 is 25.8. The summed E-state index contributed by atoms with van der Waals surface area (Å²) in [6, 6.07) is 22.0. The maximum absolute atomic E-state index is 13.1. The van der Waals surface area contributed by atoms with Crippen molar-refractivity contribution in [3.8, 4) is 34.0 Å². The Hall–Kier alpha value is -5.53. The van der Waals surface area contributed by atoms with Crippen LogP contribution in [0.4, 0.5) is 11.4 Å². The van der Waals surface area contributed by atoms with Crippen LogP contribution in [0, 0.1) is 0 Å². The molecule has 4 fully saturated rings. The quantitative estimate of drug-likeness (QED) is 0.114. The van der Waals surface area contributed by atoms with Crippen LogP contribution < -0.4 is 19.7 Å². The summed E-state index contributed by atoms with van der Waals surface area (Å²) in [6.45, 7) is 0.671. The van der Waals surface area contributed by atoms with E-state index in [0.29, 0.717) is 66.8 Å². The van der Waals surface area contributed by atoms with E-state index in [2.05, 4.69) is 15.6 Å². The summed E-state index contributed by atoms with van der Waals surface area (Å²) in [5.74, 6) is 2.82. The van der Waals surface area contributed by atoms with Crippen molar-refractivity contribution < 1.29 is 38.0 Å². The number of ether oxygens (including phenoxy) is 2. The number of carbonyl (C=O) groups is 3. The number of anilines is 2. The van der Waals surface area contributed by atoms with Crippen molar-refractivity contribution in [2.45, 2.75) is 93.7 Å². The van der Waals surface area contributed by atoms with E-state index in [1.165, 1.54) is 0 Å². The number of carboxylic acid groups (broad SMARTS) is 1. The van der Waals surface area contributed by atoms with Crippen molar-refractivity contribution in [2.75, 3.05) is 16.8 Å². The van der Waals surface area contributed by atoms with Gasteiger partial charge in [-0.2, -0.15) is 0 Å². The lowest BCUT2D eigenvalue weighted by molar-refractivity contribution is -0.136. The molecule has 2 aliphatic heterocycles. The fourth-order valence-corrected chi connectivity index (χ4v) is 10.4. The third-order valence-electron chi connectivity index (χ3n) is 13.4. The zero-order valence-electron chi connectivity index (χ0n) is 34.7. The zero-order valence-corrected chi connectivity index (χ0v) is 37.8. The SMILES string of the molecule is O=C(O)CCN1C(=O)C2(CC2)c2cc(OCc3c(-c4c(Cl)cccc4Cl)noc3C3CC3)ccc21.O=C1Nc2ccc(OCc3c(-c4c(Cl)cccc4Cl)noc3C3CC3)cc2C12CC2. The Kier molecular flexibility index (Phi) is 10.4. The van der Waals surface area contributed by atoms with Gasteiger partial charge in [0.2, 0.25) is 11.8 Å². The highest BCUT2D eigenvalue weighted by Crippen LogP contribution is 2.59. The molecule has 0 unspecified atom stereocenters. The second kappa shape index (κ2) is 16.1. The van der Waals surface area contributed by atoms with E-state index in [-0.39, 0.29) is 36.8 Å². The molecule has 4 aliphatic carbocycles. The molecule has 65 heavy (non-hydrogen) atoms. The van der Waals surface area contributed by atoms with E-state index >= 15 is 0 Å². The minimum atomic E-state index is -0.925. The van der Waals surface area contributed by atoms with Gasteiger partial charge < -0.3 is 33.8 Å². The molecular weight excluding hydrogens is 914 g/mol. The fraction of sp³-hybridized carbons (Fsp3) is 0.327. The van der Waals surface area contributed by atoms with Gasteiger partial charge in [0.15, 0.2) is 0 Å². The smallest absolute Gasteiger partial charge is 0.305 e. The van der Waals surface area contributed by atoms with Gasteiger partial charge in [-0.25, -0.2) is 0 Å². The van der Waals surface area contributed by atoms with Crippen LogP contribution in [0.5, 0.6) is 11.5 Å². The molecule has 2 spiro atoms. The molecule has 4 heterocycles. The first-order valence-corrected chi connectivity index (χ1v) is 23.2. The number of carboxylic acids is 1. The van der Waals surface area contributed by atoms with E-state index in [1.54, 1.807) is 41.3 Å². The van der Waals surface area contributed by atoms with E-state index in [9.17, 15) is 14.4 Å². The molecule has 2 amide bonds. The maximum Gasteiger partial charge on any atom is 0.305 e. The van der Waals surface area contributed by atoms with Crippen molar-refractivity contribution in [1.29, 1.82) is 0 Å². The van der Waals surface area contributed by atoms with Gasteiger partial charge in [-0.1, -0.05) is 68.8 Å². The van der Waals surface area contributed by atoms with Crippen LogP contribution in [0.15, 0.2) is 81.8 Å². The molecule has 6 aliphatic rings. The summed E-state index contributed by atoms with van der Waals surface area (Å²) in [6.07, 6.45) is 7.44. The van der Waals surface area contributed by atoms with Crippen LogP contribution >= 0.6 is 46.4 Å². The first kappa shape index (κ1) is 42.1. The Morgan fingerprint density at radius 2 is 1.20 bits per heavy atom. The van der Waals surface area contributed by atoms with Crippen LogP contribution in [0.3, 0.4) is 0 Å². The summed E-state index contributed by atoms with van der Waals surface area (Å²) in [5, 5.41) is 22.7. The number of nitrogens with zero attached hydrogens (tertiary/aromatic N) is 3. The summed E-state index contributed by atoms with van der Waals surface area (Å²) < 4.78 is 23.8. The number of hydrogen-bond donors (Lipinski definition) is 2. The lowest BCUT2D eigenvalue weighted by Crippen LogP contribution is -2.33. The molecule has 0 atom stereocenters. The maximum atomic E-state index is 13.1. The molecule has 12 rings (SSSR count). The molecule has 2 N–H and O–H groups in total. The molecule has 4 saturated carbocycles. The number of nitrogens with one attached hydrogen (secondary N) is 1. The molecule has 2 aromatic heterocycles. The van der Waals surface area contributed by atoms with Crippen molar-refractivity contribution in [2.24, 2.45) is 0 Å². The predicted octanol–water partition coefficient (Wildman–Crippen LogP) is 12.0. The number of amides is 2. The second-order valence-corrected chi connectivity index (χ2v) is 19.3. The summed E-state index contributed by atoms with van der Waals surface area (Å²) in [7, 11) is 0. The third-order valence-corrected chi connectivity index (χ3v) is 14.6. The molecule has 0 saturated heterocycles. The number of benzene rings is 4. The number of carbonyl (C=O) groups excluding carboxylic acids is 2. The van der Waals surface area contributed by atoms with Crippen LogP contribution in [0.25, 0.3) is 22.5 Å². The lowest BCUT2D eigenvalue weighted by atomic mass is 9.98. The van der Waals surface area contributed by atoms with Gasteiger partial charge in [-0.3, -0.25) is 14.4 Å². The molecule has 4 aromatic carbocycles. The molecule has 16 heteroatoms. The Bertz CT molecular complexity index is 2910. The Morgan fingerprint density at radius 1 is 0.708 bits per heavy atom. The van der Waals surface area contributed by atoms with Gasteiger partial charge >= 0.3 is 5.97 Å². The predicted molar refractivity (Wildman–Crippen MR) is 244 cm³/mol. The lowest BCUT2D eigenvalue weighted by Gasteiger charge is -2.17. The van der Waals surface area contributed by atoms with Gasteiger partial charge in [0, 0.05) is 40.9 Å². The number of rotatable bonds is 13. The highest BCUT2D eigenvalue weighted by molar-refractivity contribution is 6.39. The highest BCUT2D eigenvalue weighted by atomic mass is 35.5. The van der Waals surface area contributed by atoms with Crippen molar-refractivity contribution in [1.82, 2.24) is 10.3 Å². The normalized spacial score (nSPS) is 18.0. The van der Waals surface area contributed by atoms with Gasteiger partial charge in [0.1, 0.15) is 47.6 Å². The average Bonchev–Trinajstić information content (AvgIpc) is 4.10. The standard InChI is InChI=1S/C26H22Cl2N2O5.C23H18Cl2N2O3/c27-18-2-1-3-19(28)22(18)23-16(24(35-29-23)14-4-5-14)13-34-15-6-7-20-17(12-15)26(9-10-26)25(33)30(20)11-8-21(31)32;24-16-2-1-3-17(25)19(16)20-14(21(30-27-20)12-4-5-12)11-29-13-6-7-18-15(10-13)23(8-9-23)22(28)26-18/h1-3,6-7,12,14H,4-5,8-11,13H2,(H,31,32);1-3,6-7,10,12H,4-5,8-9,11H2,(H,26,28). The zero-order chi connectivity index (χ0) is 44.8. The van der Waals surface area contributed by atoms with Crippen LogP contribution in [-0.4, -0.2) is 39.7 Å². The molecule has 6 aromatic rings. The minimum absolute atomic E-state index is 0.0170. The Morgan fingerprint density at radius 3 is 1.68 bits per heavy atom. The van der Waals surface area contributed by atoms with Gasteiger partial charge in [-0.05, 0) is 123 Å². The topological polar surface area (TPSA) is 157 Å². The van der Waals surface area contributed by atoms with Gasteiger partial charge in [0.05, 0.1) is 48.5 Å². The molecule has 12 nitrogen and oxygen atoms in total.